The Morgan fingerprint density at radius 3 is 2.42 bits per heavy atom. The first-order valence-corrected chi connectivity index (χ1v) is 9.77. The van der Waals surface area contributed by atoms with Gasteiger partial charge >= 0.3 is 0 Å². The van der Waals surface area contributed by atoms with Crippen LogP contribution in [0.1, 0.15) is 55.5 Å². The lowest BCUT2D eigenvalue weighted by Gasteiger charge is -2.26. The Hall–Kier alpha value is -0.830. The number of nitrogens with zero attached hydrogens (tertiary/aromatic N) is 4. The maximum absolute atomic E-state index is 4.46. The molecule has 150 valence electrons. The first-order valence-electron chi connectivity index (χ1n) is 9.77. The Balaban J connectivity index is 0.00000338. The van der Waals surface area contributed by atoms with Crippen molar-refractivity contribution >= 4 is 29.9 Å². The first-order chi connectivity index (χ1) is 12.1. The molecule has 0 aliphatic carbocycles. The van der Waals surface area contributed by atoms with Crippen LogP contribution in [0.15, 0.2) is 4.99 Å². The molecule has 7 heteroatoms. The van der Waals surface area contributed by atoms with Gasteiger partial charge in [0.05, 0.1) is 5.69 Å². The summed E-state index contributed by atoms with van der Waals surface area (Å²) in [6.07, 6.45) is 7.98. The zero-order valence-corrected chi connectivity index (χ0v) is 19.3. The number of aryl methyl sites for hydroxylation is 2. The highest BCUT2D eigenvalue weighted by molar-refractivity contribution is 14.0. The number of hydrogen-bond acceptors (Lipinski definition) is 3. The predicted molar refractivity (Wildman–Crippen MR) is 120 cm³/mol. The third kappa shape index (κ3) is 7.42. The second-order valence-electron chi connectivity index (χ2n) is 7.09. The normalized spacial score (nSPS) is 15.6. The number of aliphatic imine (C=N–C) groups is 1. The molecule has 0 spiro atoms. The number of hydrogen-bond donors (Lipinski definition) is 2. The van der Waals surface area contributed by atoms with Crippen molar-refractivity contribution in [1.29, 1.82) is 0 Å². The van der Waals surface area contributed by atoms with E-state index >= 15 is 0 Å². The van der Waals surface area contributed by atoms with Gasteiger partial charge in [-0.2, -0.15) is 5.10 Å². The summed E-state index contributed by atoms with van der Waals surface area (Å²) in [7, 11) is 3.82. The number of halogens is 1. The molecule has 0 radical (unpaired) electrons. The topological polar surface area (TPSA) is 57.5 Å². The summed E-state index contributed by atoms with van der Waals surface area (Å²) in [6.45, 7) is 9.79. The minimum Gasteiger partial charge on any atom is -0.356 e. The monoisotopic (exact) mass is 476 g/mol. The van der Waals surface area contributed by atoms with Crippen molar-refractivity contribution in [2.45, 2.75) is 58.9 Å². The van der Waals surface area contributed by atoms with Crippen molar-refractivity contribution < 1.29 is 0 Å². The zero-order valence-electron chi connectivity index (χ0n) is 17.0. The molecule has 1 aliphatic rings. The van der Waals surface area contributed by atoms with Crippen LogP contribution in [-0.4, -0.2) is 53.9 Å². The van der Waals surface area contributed by atoms with Crippen LogP contribution in [0.4, 0.5) is 0 Å². The number of aromatic nitrogens is 2. The number of piperidine rings is 1. The maximum atomic E-state index is 4.46. The van der Waals surface area contributed by atoms with Gasteiger partial charge in [0.15, 0.2) is 5.96 Å². The van der Waals surface area contributed by atoms with Gasteiger partial charge in [0.25, 0.3) is 0 Å². The van der Waals surface area contributed by atoms with E-state index in [2.05, 4.69) is 39.5 Å². The molecular weight excluding hydrogens is 439 g/mol. The van der Waals surface area contributed by atoms with Crippen LogP contribution in [-0.2, 0) is 13.6 Å². The average Bonchev–Trinajstić information content (AvgIpc) is 2.87. The molecule has 0 unspecified atom stereocenters. The van der Waals surface area contributed by atoms with Gasteiger partial charge in [-0.1, -0.05) is 12.8 Å². The lowest BCUT2D eigenvalue weighted by Crippen LogP contribution is -2.37. The largest absolute Gasteiger partial charge is 0.356 e. The van der Waals surface area contributed by atoms with Gasteiger partial charge in [0, 0.05) is 38.4 Å². The van der Waals surface area contributed by atoms with Gasteiger partial charge in [-0.3, -0.25) is 9.67 Å². The lowest BCUT2D eigenvalue weighted by molar-refractivity contribution is 0.224. The van der Waals surface area contributed by atoms with E-state index in [-0.39, 0.29) is 24.0 Å². The van der Waals surface area contributed by atoms with E-state index in [0.717, 1.165) is 24.7 Å². The van der Waals surface area contributed by atoms with Crippen molar-refractivity contribution in [3.8, 4) is 0 Å². The molecule has 0 amide bonds. The fraction of sp³-hybridized carbons (Fsp3) is 0.789. The Kier molecular flexibility index (Phi) is 11.2. The van der Waals surface area contributed by atoms with Crippen molar-refractivity contribution in [3.05, 3.63) is 17.0 Å². The van der Waals surface area contributed by atoms with E-state index in [1.54, 1.807) is 0 Å². The molecule has 2 rings (SSSR count). The third-order valence-corrected chi connectivity index (χ3v) is 5.21. The maximum Gasteiger partial charge on any atom is 0.191 e. The Labute approximate surface area is 176 Å². The molecule has 0 aromatic carbocycles. The average molecular weight is 476 g/mol. The number of guanidine groups is 1. The van der Waals surface area contributed by atoms with Gasteiger partial charge in [-0.05, 0) is 59.2 Å². The lowest BCUT2D eigenvalue weighted by atomic mass is 10.1. The minimum absolute atomic E-state index is 0. The Bertz CT molecular complexity index is 548. The van der Waals surface area contributed by atoms with Gasteiger partial charge in [-0.15, -0.1) is 24.0 Å². The van der Waals surface area contributed by atoms with E-state index in [9.17, 15) is 0 Å². The molecule has 2 heterocycles. The van der Waals surface area contributed by atoms with Gasteiger partial charge < -0.3 is 15.5 Å². The molecule has 26 heavy (non-hydrogen) atoms. The summed E-state index contributed by atoms with van der Waals surface area (Å²) in [5.41, 5.74) is 3.55. The highest BCUT2D eigenvalue weighted by atomic mass is 127. The van der Waals surface area contributed by atoms with Crippen LogP contribution in [0.2, 0.25) is 0 Å². The summed E-state index contributed by atoms with van der Waals surface area (Å²) in [4.78, 5) is 6.94. The van der Waals surface area contributed by atoms with E-state index in [1.807, 2.05) is 18.8 Å². The van der Waals surface area contributed by atoms with Crippen LogP contribution in [0.5, 0.6) is 0 Å². The van der Waals surface area contributed by atoms with Crippen molar-refractivity contribution in [2.24, 2.45) is 12.0 Å². The van der Waals surface area contributed by atoms with Gasteiger partial charge in [-0.25, -0.2) is 0 Å². The molecule has 0 bridgehead atoms. The Morgan fingerprint density at radius 2 is 1.81 bits per heavy atom. The van der Waals surface area contributed by atoms with Gasteiger partial charge in [0.1, 0.15) is 0 Å². The molecule has 1 aromatic rings. The fourth-order valence-corrected chi connectivity index (χ4v) is 3.49. The fourth-order valence-electron chi connectivity index (χ4n) is 3.49. The smallest absolute Gasteiger partial charge is 0.191 e. The van der Waals surface area contributed by atoms with Crippen molar-refractivity contribution in [1.82, 2.24) is 25.3 Å². The number of unbranched alkanes of at least 4 members (excludes halogenated alkanes) is 2. The summed E-state index contributed by atoms with van der Waals surface area (Å²) in [6, 6.07) is 0. The minimum atomic E-state index is 0. The van der Waals surface area contributed by atoms with Crippen LogP contribution in [0.3, 0.4) is 0 Å². The highest BCUT2D eigenvalue weighted by Gasteiger charge is 2.10. The SMILES string of the molecule is CN=C(NCCCCCN1CCCCC1)NCc1c(C)nn(C)c1C.I. The molecular formula is C19H37IN6. The quantitative estimate of drug-likeness (QED) is 0.262. The molecule has 1 fully saturated rings. The molecule has 6 nitrogen and oxygen atoms in total. The standard InChI is InChI=1S/C19H36N6.HI/c1-16-18(17(2)24(4)23-16)15-22-19(20-3)21-11-7-5-8-12-25-13-9-6-10-14-25;/h5-15H2,1-4H3,(H2,20,21,22);1H. The molecule has 0 atom stereocenters. The highest BCUT2D eigenvalue weighted by Crippen LogP contribution is 2.11. The molecule has 0 saturated carbocycles. The van der Waals surface area contributed by atoms with E-state index in [4.69, 9.17) is 0 Å². The van der Waals surface area contributed by atoms with Crippen molar-refractivity contribution in [2.75, 3.05) is 33.2 Å². The Morgan fingerprint density at radius 1 is 1.08 bits per heavy atom. The van der Waals surface area contributed by atoms with Crippen LogP contribution in [0.25, 0.3) is 0 Å². The van der Waals surface area contributed by atoms with Crippen LogP contribution >= 0.6 is 24.0 Å². The molecule has 1 aromatic heterocycles. The molecule has 1 aliphatic heterocycles. The van der Waals surface area contributed by atoms with E-state index < -0.39 is 0 Å². The third-order valence-electron chi connectivity index (χ3n) is 5.21. The van der Waals surface area contributed by atoms with Gasteiger partial charge in [0.2, 0.25) is 0 Å². The number of likely N-dealkylation sites (tertiary alicyclic amines) is 1. The van der Waals surface area contributed by atoms with E-state index in [1.165, 1.54) is 69.4 Å². The number of rotatable bonds is 8. The molecule has 1 saturated heterocycles. The summed E-state index contributed by atoms with van der Waals surface area (Å²) in [5.74, 6) is 0.874. The summed E-state index contributed by atoms with van der Waals surface area (Å²) in [5, 5.41) is 11.3. The molecule has 2 N–H and O–H groups in total. The summed E-state index contributed by atoms with van der Waals surface area (Å²) < 4.78 is 1.94. The second-order valence-corrected chi connectivity index (χ2v) is 7.09. The predicted octanol–water partition coefficient (Wildman–Crippen LogP) is 2.98. The first kappa shape index (κ1) is 23.2. The number of nitrogens with one attached hydrogen (secondary N) is 2. The van der Waals surface area contributed by atoms with Crippen LogP contribution < -0.4 is 10.6 Å². The van der Waals surface area contributed by atoms with Crippen LogP contribution in [0, 0.1) is 13.8 Å². The summed E-state index contributed by atoms with van der Waals surface area (Å²) >= 11 is 0. The zero-order chi connectivity index (χ0) is 18.1. The van der Waals surface area contributed by atoms with Crippen molar-refractivity contribution in [3.63, 3.8) is 0 Å². The van der Waals surface area contributed by atoms with E-state index in [0.29, 0.717) is 0 Å². The second kappa shape index (κ2) is 12.5.